The summed E-state index contributed by atoms with van der Waals surface area (Å²) in [6, 6.07) is 2.31. The van der Waals surface area contributed by atoms with E-state index in [2.05, 4.69) is 5.32 Å². The van der Waals surface area contributed by atoms with Crippen molar-refractivity contribution in [1.29, 1.82) is 0 Å². The van der Waals surface area contributed by atoms with Gasteiger partial charge in [0.1, 0.15) is 11.9 Å². The maximum atomic E-state index is 14.1. The van der Waals surface area contributed by atoms with Gasteiger partial charge in [0.2, 0.25) is 11.8 Å². The Hall–Kier alpha value is -2.24. The number of hydrogen-bond donors (Lipinski definition) is 1. The molecule has 0 spiro atoms. The number of imide groups is 1. The SMILES string of the molecule is C.CC.CC(C)c1cc2c(cc1F)C(=O)N(C1CCC(=O)NC1=O)C2. The predicted molar refractivity (Wildman–Crippen MR) is 94.6 cm³/mol. The Balaban J connectivity index is 0.00000101. The van der Waals surface area contributed by atoms with Gasteiger partial charge in [-0.25, -0.2) is 4.39 Å². The molecule has 1 unspecified atom stereocenters. The van der Waals surface area contributed by atoms with Gasteiger partial charge in [-0.15, -0.1) is 0 Å². The molecule has 0 aliphatic carbocycles. The van der Waals surface area contributed by atoms with Crippen LogP contribution in [-0.2, 0) is 16.1 Å². The minimum Gasteiger partial charge on any atom is -0.322 e. The molecule has 1 aromatic carbocycles. The first-order valence-electron chi connectivity index (χ1n) is 8.35. The Labute approximate surface area is 148 Å². The summed E-state index contributed by atoms with van der Waals surface area (Å²) >= 11 is 0. The van der Waals surface area contributed by atoms with E-state index in [9.17, 15) is 18.8 Å². The van der Waals surface area contributed by atoms with E-state index >= 15 is 0 Å². The van der Waals surface area contributed by atoms with Crippen LogP contribution in [0.2, 0.25) is 0 Å². The number of benzene rings is 1. The molecular weight excluding hydrogens is 323 g/mol. The van der Waals surface area contributed by atoms with Crippen molar-refractivity contribution in [1.82, 2.24) is 10.2 Å². The summed E-state index contributed by atoms with van der Waals surface area (Å²) < 4.78 is 14.1. The molecule has 2 aliphatic heterocycles. The van der Waals surface area contributed by atoms with Crippen LogP contribution in [0, 0.1) is 5.82 Å². The van der Waals surface area contributed by atoms with Crippen LogP contribution in [0.25, 0.3) is 0 Å². The highest BCUT2D eigenvalue weighted by atomic mass is 19.1. The Morgan fingerprint density at radius 1 is 1.20 bits per heavy atom. The summed E-state index contributed by atoms with van der Waals surface area (Å²) in [6.07, 6.45) is 0.520. The number of nitrogens with one attached hydrogen (secondary N) is 1. The second kappa shape index (κ2) is 8.23. The van der Waals surface area contributed by atoms with Gasteiger partial charge in [-0.2, -0.15) is 0 Å². The van der Waals surface area contributed by atoms with E-state index in [0.717, 1.165) is 5.56 Å². The fourth-order valence-electron chi connectivity index (χ4n) is 3.05. The summed E-state index contributed by atoms with van der Waals surface area (Å²) in [6.45, 7) is 8.06. The molecule has 0 aromatic heterocycles. The quantitative estimate of drug-likeness (QED) is 0.832. The average molecular weight is 350 g/mol. The zero-order chi connectivity index (χ0) is 18.0. The number of rotatable bonds is 2. The molecule has 2 heterocycles. The first-order chi connectivity index (χ1) is 11.4. The topological polar surface area (TPSA) is 66.5 Å². The zero-order valence-corrected chi connectivity index (χ0v) is 14.5. The lowest BCUT2D eigenvalue weighted by Gasteiger charge is -2.29. The van der Waals surface area contributed by atoms with Gasteiger partial charge in [-0.05, 0) is 29.5 Å². The third-order valence-corrected chi connectivity index (χ3v) is 4.26. The molecule has 1 N–H and O–H groups in total. The van der Waals surface area contributed by atoms with Crippen molar-refractivity contribution in [2.45, 2.75) is 66.5 Å². The second-order valence-corrected chi connectivity index (χ2v) is 6.09. The van der Waals surface area contributed by atoms with E-state index in [0.29, 0.717) is 17.5 Å². The van der Waals surface area contributed by atoms with Gasteiger partial charge < -0.3 is 4.90 Å². The van der Waals surface area contributed by atoms with Crippen LogP contribution in [0.1, 0.15) is 75.4 Å². The van der Waals surface area contributed by atoms with Crippen molar-refractivity contribution in [3.63, 3.8) is 0 Å². The Kier molecular flexibility index (Phi) is 6.85. The molecule has 1 aromatic rings. The summed E-state index contributed by atoms with van der Waals surface area (Å²) in [7, 11) is 0. The number of fused-ring (bicyclic) bond motifs is 1. The van der Waals surface area contributed by atoms with Gasteiger partial charge in [-0.1, -0.05) is 41.2 Å². The van der Waals surface area contributed by atoms with E-state index in [1.54, 1.807) is 6.07 Å². The Bertz CT molecular complexity index is 685. The van der Waals surface area contributed by atoms with Crippen molar-refractivity contribution in [2.24, 2.45) is 0 Å². The number of nitrogens with zero attached hydrogens (tertiary/aromatic N) is 1. The zero-order valence-electron chi connectivity index (χ0n) is 14.5. The van der Waals surface area contributed by atoms with Crippen molar-refractivity contribution < 1.29 is 18.8 Å². The first-order valence-corrected chi connectivity index (χ1v) is 8.35. The van der Waals surface area contributed by atoms with Crippen LogP contribution in [-0.4, -0.2) is 28.7 Å². The fraction of sp³-hybridized carbons (Fsp3) is 0.526. The molecule has 0 saturated carbocycles. The molecule has 2 aliphatic rings. The molecule has 3 amide bonds. The largest absolute Gasteiger partial charge is 0.322 e. The summed E-state index contributed by atoms with van der Waals surface area (Å²) in [5, 5.41) is 2.25. The van der Waals surface area contributed by atoms with Crippen LogP contribution in [0.5, 0.6) is 0 Å². The maximum Gasteiger partial charge on any atom is 0.255 e. The highest BCUT2D eigenvalue weighted by Crippen LogP contribution is 2.31. The van der Waals surface area contributed by atoms with Gasteiger partial charge in [0.25, 0.3) is 5.91 Å². The lowest BCUT2D eigenvalue weighted by Crippen LogP contribution is -2.52. The van der Waals surface area contributed by atoms with Crippen LogP contribution >= 0.6 is 0 Å². The van der Waals surface area contributed by atoms with Crippen molar-refractivity contribution in [3.05, 3.63) is 34.6 Å². The number of carbonyl (C=O) groups excluding carboxylic acids is 3. The van der Waals surface area contributed by atoms with Gasteiger partial charge in [-0.3, -0.25) is 19.7 Å². The predicted octanol–water partition coefficient (Wildman–Crippen LogP) is 3.37. The monoisotopic (exact) mass is 350 g/mol. The maximum absolute atomic E-state index is 14.1. The van der Waals surface area contributed by atoms with Gasteiger partial charge in [0.15, 0.2) is 0 Å². The highest BCUT2D eigenvalue weighted by molar-refractivity contribution is 6.05. The molecule has 1 atom stereocenters. The Morgan fingerprint density at radius 3 is 2.40 bits per heavy atom. The molecule has 1 fully saturated rings. The smallest absolute Gasteiger partial charge is 0.255 e. The number of carbonyl (C=O) groups is 3. The lowest BCUT2D eigenvalue weighted by molar-refractivity contribution is -0.136. The molecule has 3 rings (SSSR count). The summed E-state index contributed by atoms with van der Waals surface area (Å²) in [4.78, 5) is 37.0. The molecule has 5 nitrogen and oxygen atoms in total. The summed E-state index contributed by atoms with van der Waals surface area (Å²) in [5.74, 6) is -1.50. The molecular formula is C19H27FN2O3. The van der Waals surface area contributed by atoms with E-state index in [1.807, 2.05) is 27.7 Å². The van der Waals surface area contributed by atoms with Crippen molar-refractivity contribution >= 4 is 17.7 Å². The van der Waals surface area contributed by atoms with Crippen LogP contribution < -0.4 is 5.32 Å². The van der Waals surface area contributed by atoms with Gasteiger partial charge in [0.05, 0.1) is 0 Å². The average Bonchev–Trinajstić information content (AvgIpc) is 2.85. The first kappa shape index (κ1) is 20.8. The van der Waals surface area contributed by atoms with E-state index in [1.165, 1.54) is 11.0 Å². The standard InChI is InChI=1S/C16H17FN2O3.C2H6.CH4/c1-8(2)10-5-9-7-19(16(22)11(9)6-12(10)17)13-3-4-14(20)18-15(13)21;1-2;/h5-6,8,13H,3-4,7H2,1-2H3,(H,18,20,21);1-2H3;1H4. The Morgan fingerprint density at radius 2 is 1.84 bits per heavy atom. The fourth-order valence-corrected chi connectivity index (χ4v) is 3.05. The van der Waals surface area contributed by atoms with Gasteiger partial charge in [0, 0.05) is 18.5 Å². The summed E-state index contributed by atoms with van der Waals surface area (Å²) in [5.41, 5.74) is 1.61. The highest BCUT2D eigenvalue weighted by Gasteiger charge is 2.39. The normalized spacial score (nSPS) is 19.0. The number of amides is 3. The third kappa shape index (κ3) is 3.89. The van der Waals surface area contributed by atoms with Crippen molar-refractivity contribution in [2.75, 3.05) is 0 Å². The molecule has 25 heavy (non-hydrogen) atoms. The minimum atomic E-state index is -0.664. The second-order valence-electron chi connectivity index (χ2n) is 6.09. The molecule has 0 bridgehead atoms. The molecule has 1 saturated heterocycles. The number of hydrogen-bond acceptors (Lipinski definition) is 3. The molecule has 0 radical (unpaired) electrons. The van der Waals surface area contributed by atoms with Crippen LogP contribution in [0.3, 0.4) is 0 Å². The van der Waals surface area contributed by atoms with E-state index in [-0.39, 0.29) is 38.1 Å². The lowest BCUT2D eigenvalue weighted by atomic mass is 9.98. The van der Waals surface area contributed by atoms with E-state index < -0.39 is 17.8 Å². The van der Waals surface area contributed by atoms with Crippen LogP contribution in [0.15, 0.2) is 12.1 Å². The molecule has 138 valence electrons. The number of halogens is 1. The minimum absolute atomic E-state index is 0. The number of piperidine rings is 1. The van der Waals surface area contributed by atoms with Crippen LogP contribution in [0.4, 0.5) is 4.39 Å². The van der Waals surface area contributed by atoms with E-state index in [4.69, 9.17) is 0 Å². The van der Waals surface area contributed by atoms with Gasteiger partial charge >= 0.3 is 0 Å². The third-order valence-electron chi connectivity index (χ3n) is 4.26. The van der Waals surface area contributed by atoms with Crippen molar-refractivity contribution in [3.8, 4) is 0 Å². The molecule has 6 heteroatoms.